The molecule has 0 amide bonds. The molecule has 0 spiro atoms. The molecule has 4 heteroatoms. The van der Waals surface area contributed by atoms with Gasteiger partial charge < -0.3 is 20.1 Å². The Morgan fingerprint density at radius 2 is 2.03 bits per heavy atom. The molecule has 1 fully saturated rings. The highest BCUT2D eigenvalue weighted by atomic mass is 16.5. The third-order valence-electron chi connectivity index (χ3n) is 6.11. The van der Waals surface area contributed by atoms with Crippen molar-refractivity contribution in [3.05, 3.63) is 75.4 Å². The molecule has 1 saturated heterocycles. The van der Waals surface area contributed by atoms with Gasteiger partial charge in [-0.25, -0.2) is 0 Å². The van der Waals surface area contributed by atoms with Gasteiger partial charge in [-0.05, 0) is 65.9 Å². The number of rotatable bonds is 7. The summed E-state index contributed by atoms with van der Waals surface area (Å²) in [4.78, 5) is 0. The molecule has 1 aliphatic carbocycles. The molecule has 0 bridgehead atoms. The van der Waals surface area contributed by atoms with E-state index in [0.717, 1.165) is 35.5 Å². The standard InChI is InChI=1S/C25H34NO3/c1-17(2)10-8-11-18(3)12-9-15-25(5,27)23-16-21-20-13-6-7-14-22(20)26(28)19(4)24(21)29-23/h6-7,10,12-14,22-23,27H,8-9,11,15-16H2,1-5H3/q-1/b18-12+/t22?,23-,25+/m1/s1. The van der Waals surface area contributed by atoms with Crippen LogP contribution < -0.4 is 0 Å². The number of hydrogen-bond acceptors (Lipinski definition) is 4. The number of fused-ring (bicyclic) bond motifs is 2. The maximum Gasteiger partial charge on any atom is 0.141 e. The predicted molar refractivity (Wildman–Crippen MR) is 119 cm³/mol. The van der Waals surface area contributed by atoms with Crippen LogP contribution in [0.15, 0.2) is 70.2 Å². The van der Waals surface area contributed by atoms with Crippen molar-refractivity contribution < 1.29 is 9.84 Å². The molecular formula is C25H34NO3-. The Bertz CT molecular complexity index is 819. The Morgan fingerprint density at radius 1 is 1.28 bits per heavy atom. The smallest absolute Gasteiger partial charge is 0.141 e. The lowest BCUT2D eigenvalue weighted by atomic mass is 9.86. The van der Waals surface area contributed by atoms with Crippen molar-refractivity contribution in [1.29, 1.82) is 0 Å². The lowest BCUT2D eigenvalue weighted by molar-refractivity contribution is -0.0638. The number of aliphatic hydroxyl groups is 1. The van der Waals surface area contributed by atoms with Crippen LogP contribution >= 0.6 is 0 Å². The Kier molecular flexibility index (Phi) is 6.55. The van der Waals surface area contributed by atoms with Gasteiger partial charge in [0.25, 0.3) is 0 Å². The summed E-state index contributed by atoms with van der Waals surface area (Å²) in [6.45, 7) is 10.1. The van der Waals surface area contributed by atoms with Gasteiger partial charge in [0.1, 0.15) is 11.9 Å². The molecule has 158 valence electrons. The molecular weight excluding hydrogens is 362 g/mol. The van der Waals surface area contributed by atoms with Crippen LogP contribution in [0.5, 0.6) is 0 Å². The first-order valence-corrected chi connectivity index (χ1v) is 10.6. The van der Waals surface area contributed by atoms with Gasteiger partial charge >= 0.3 is 0 Å². The van der Waals surface area contributed by atoms with Crippen molar-refractivity contribution in [3.8, 4) is 0 Å². The van der Waals surface area contributed by atoms with Crippen molar-refractivity contribution in [2.45, 2.75) is 84.5 Å². The topological polar surface area (TPSA) is 55.8 Å². The Balaban J connectivity index is 1.66. The maximum atomic E-state index is 12.6. The molecule has 0 aromatic rings. The fourth-order valence-electron chi connectivity index (χ4n) is 4.22. The summed E-state index contributed by atoms with van der Waals surface area (Å²) < 4.78 is 6.15. The number of ether oxygens (including phenoxy) is 1. The minimum Gasteiger partial charge on any atom is -0.758 e. The SMILES string of the molecule is CC(C)=CCC/C(C)=C/CC[C@](C)(O)[C@H]1CC2=C3C=CC=CC3N([O-])C(C)=C2O1. The first-order chi connectivity index (χ1) is 13.7. The minimum absolute atomic E-state index is 0.280. The highest BCUT2D eigenvalue weighted by molar-refractivity contribution is 5.52. The largest absolute Gasteiger partial charge is 0.758 e. The first kappa shape index (κ1) is 21.7. The fraction of sp³-hybridized carbons (Fsp3) is 0.520. The van der Waals surface area contributed by atoms with E-state index < -0.39 is 5.60 Å². The average Bonchev–Trinajstić information content (AvgIpc) is 3.12. The van der Waals surface area contributed by atoms with Crippen LogP contribution in [-0.2, 0) is 4.74 Å². The van der Waals surface area contributed by atoms with Crippen LogP contribution in [0.1, 0.15) is 66.7 Å². The van der Waals surface area contributed by atoms with Gasteiger partial charge in [0, 0.05) is 17.7 Å². The zero-order valence-electron chi connectivity index (χ0n) is 18.4. The summed E-state index contributed by atoms with van der Waals surface area (Å²) in [5, 5.41) is 24.8. The molecule has 29 heavy (non-hydrogen) atoms. The molecule has 2 aliphatic heterocycles. The minimum atomic E-state index is -0.952. The summed E-state index contributed by atoms with van der Waals surface area (Å²) in [5.41, 5.74) is 4.42. The Morgan fingerprint density at radius 3 is 2.76 bits per heavy atom. The molecule has 0 aromatic carbocycles. The van der Waals surface area contributed by atoms with Crippen LogP contribution in [0.4, 0.5) is 0 Å². The van der Waals surface area contributed by atoms with Crippen molar-refractivity contribution >= 4 is 0 Å². The summed E-state index contributed by atoms with van der Waals surface area (Å²) in [6, 6.07) is -0.280. The van der Waals surface area contributed by atoms with Crippen molar-refractivity contribution in [1.82, 2.24) is 5.06 Å². The molecule has 3 rings (SSSR count). The van der Waals surface area contributed by atoms with Crippen LogP contribution in [-0.4, -0.2) is 27.9 Å². The highest BCUT2D eigenvalue weighted by Gasteiger charge is 2.43. The van der Waals surface area contributed by atoms with E-state index in [1.54, 1.807) is 6.92 Å². The van der Waals surface area contributed by atoms with E-state index >= 15 is 0 Å². The predicted octanol–water partition coefficient (Wildman–Crippen LogP) is 5.84. The van der Waals surface area contributed by atoms with Gasteiger partial charge in [-0.2, -0.15) is 0 Å². The normalized spacial score (nSPS) is 25.6. The van der Waals surface area contributed by atoms with E-state index in [9.17, 15) is 10.3 Å². The van der Waals surface area contributed by atoms with Crippen LogP contribution in [0.3, 0.4) is 0 Å². The summed E-state index contributed by atoms with van der Waals surface area (Å²) in [6.07, 6.45) is 16.1. The molecule has 0 saturated carbocycles. The highest BCUT2D eigenvalue weighted by Crippen LogP contribution is 2.45. The molecule has 0 radical (unpaired) electrons. The maximum absolute atomic E-state index is 12.6. The lowest BCUT2D eigenvalue weighted by Crippen LogP contribution is -2.38. The third kappa shape index (κ3) is 4.76. The van der Waals surface area contributed by atoms with Gasteiger partial charge in [-0.1, -0.05) is 47.6 Å². The third-order valence-corrected chi connectivity index (χ3v) is 6.11. The van der Waals surface area contributed by atoms with Crippen LogP contribution in [0, 0.1) is 5.21 Å². The molecule has 3 aliphatic rings. The quantitative estimate of drug-likeness (QED) is 0.550. The molecule has 0 aromatic heterocycles. The van der Waals surface area contributed by atoms with Gasteiger partial charge in [0.2, 0.25) is 0 Å². The Hall–Kier alpha value is -2.04. The fourth-order valence-corrected chi connectivity index (χ4v) is 4.22. The number of hydrogen-bond donors (Lipinski definition) is 1. The second-order valence-corrected chi connectivity index (χ2v) is 8.94. The second kappa shape index (κ2) is 8.76. The monoisotopic (exact) mass is 396 g/mol. The Labute approximate surface area is 175 Å². The van der Waals surface area contributed by atoms with E-state index in [1.807, 2.05) is 31.2 Å². The van der Waals surface area contributed by atoms with E-state index in [0.29, 0.717) is 24.3 Å². The van der Waals surface area contributed by atoms with Crippen LogP contribution in [0.2, 0.25) is 0 Å². The number of nitrogens with zero attached hydrogens (tertiary/aromatic N) is 1. The van der Waals surface area contributed by atoms with Gasteiger partial charge in [-0.15, -0.1) is 0 Å². The summed E-state index contributed by atoms with van der Waals surface area (Å²) >= 11 is 0. The van der Waals surface area contributed by atoms with Crippen LogP contribution in [0.25, 0.3) is 0 Å². The zero-order chi connectivity index (χ0) is 21.2. The first-order valence-electron chi connectivity index (χ1n) is 10.6. The van der Waals surface area contributed by atoms with Gasteiger partial charge in [-0.3, -0.25) is 0 Å². The van der Waals surface area contributed by atoms with E-state index in [4.69, 9.17) is 4.74 Å². The van der Waals surface area contributed by atoms with E-state index in [2.05, 4.69) is 32.9 Å². The molecule has 2 heterocycles. The van der Waals surface area contributed by atoms with Gasteiger partial charge in [0.15, 0.2) is 0 Å². The molecule has 3 atom stereocenters. The lowest BCUT2D eigenvalue weighted by Gasteiger charge is -2.43. The zero-order valence-corrected chi connectivity index (χ0v) is 18.4. The molecule has 4 nitrogen and oxygen atoms in total. The summed E-state index contributed by atoms with van der Waals surface area (Å²) in [5.74, 6) is 0.657. The van der Waals surface area contributed by atoms with Crippen molar-refractivity contribution in [3.63, 3.8) is 0 Å². The van der Waals surface area contributed by atoms with E-state index in [-0.39, 0.29) is 12.1 Å². The number of hydroxylamine groups is 2. The van der Waals surface area contributed by atoms with Crippen molar-refractivity contribution in [2.75, 3.05) is 0 Å². The van der Waals surface area contributed by atoms with E-state index in [1.165, 1.54) is 11.1 Å². The van der Waals surface area contributed by atoms with Gasteiger partial charge in [0.05, 0.1) is 11.6 Å². The van der Waals surface area contributed by atoms with Crippen molar-refractivity contribution in [2.24, 2.45) is 0 Å². The average molecular weight is 397 g/mol. The second-order valence-electron chi connectivity index (χ2n) is 8.94. The molecule has 1 unspecified atom stereocenters. The molecule has 1 N–H and O–H groups in total. The number of allylic oxidation sites excluding steroid dienone is 8. The summed E-state index contributed by atoms with van der Waals surface area (Å²) in [7, 11) is 0.